The van der Waals surface area contributed by atoms with Crippen molar-refractivity contribution < 1.29 is 33.3 Å². The lowest BCUT2D eigenvalue weighted by Crippen LogP contribution is -2.26. The molecular formula is C37H48O7. The molecule has 0 radical (unpaired) electrons. The van der Waals surface area contributed by atoms with Gasteiger partial charge < -0.3 is 18.9 Å². The minimum Gasteiger partial charge on any atom is -0.493 e. The number of ketones is 1. The summed E-state index contributed by atoms with van der Waals surface area (Å²) in [5.41, 5.74) is 1.02. The third kappa shape index (κ3) is 9.97. The molecule has 0 unspecified atom stereocenters. The van der Waals surface area contributed by atoms with E-state index in [0.29, 0.717) is 47.8 Å². The second-order valence-electron chi connectivity index (χ2n) is 12.5. The van der Waals surface area contributed by atoms with Gasteiger partial charge in [0.05, 0.1) is 30.1 Å². The molecule has 2 rings (SSSR count). The third-order valence-electron chi connectivity index (χ3n) is 6.48. The highest BCUT2D eigenvalue weighted by Gasteiger charge is 2.29. The highest BCUT2D eigenvalue weighted by atomic mass is 16.5. The number of rotatable bonds is 13. The SMILES string of the molecule is CC=CCc1cc(CC=CC)c(OC(=O)C(C)(C)C)c(C=C(OC)C(=O)c2ccc(OC(=O)C(C)(C)C)cc2)c1OCCC. The van der Waals surface area contributed by atoms with Crippen molar-refractivity contribution in [3.8, 4) is 17.2 Å². The fourth-order valence-electron chi connectivity index (χ4n) is 3.88. The number of methoxy groups -OCH3 is 1. The zero-order valence-corrected chi connectivity index (χ0v) is 28.0. The molecule has 0 aromatic heterocycles. The van der Waals surface area contributed by atoms with E-state index in [1.165, 1.54) is 7.11 Å². The summed E-state index contributed by atoms with van der Waals surface area (Å²) in [4.78, 5) is 39.3. The maximum atomic E-state index is 13.7. The van der Waals surface area contributed by atoms with Gasteiger partial charge in [0.25, 0.3) is 0 Å². The first-order valence-electron chi connectivity index (χ1n) is 15.1. The summed E-state index contributed by atoms with van der Waals surface area (Å²) in [6, 6.07) is 8.30. The van der Waals surface area contributed by atoms with Gasteiger partial charge in [-0.3, -0.25) is 14.4 Å². The van der Waals surface area contributed by atoms with Gasteiger partial charge in [0.1, 0.15) is 17.2 Å². The summed E-state index contributed by atoms with van der Waals surface area (Å²) in [6.07, 6.45) is 11.3. The predicted molar refractivity (Wildman–Crippen MR) is 175 cm³/mol. The molecule has 7 heteroatoms. The number of carbonyl (C=O) groups excluding carboxylic acids is 3. The Morgan fingerprint density at radius 3 is 1.77 bits per heavy atom. The van der Waals surface area contributed by atoms with Crippen molar-refractivity contribution in [2.24, 2.45) is 10.8 Å². The minimum absolute atomic E-state index is 0.0269. The standard InChI is InChI=1S/C37H48O7/c1-11-14-16-26-23-27(17-15-12-2)33(44-35(40)37(7,8)9)29(32(26)42-22-13-3)24-30(41-10)31(38)25-18-20-28(21-19-25)43-34(39)36(4,5)6/h11-12,14-15,18-21,23-24H,13,16-17,22H2,1-10H3. The fourth-order valence-corrected chi connectivity index (χ4v) is 3.88. The van der Waals surface area contributed by atoms with E-state index in [1.54, 1.807) is 71.9 Å². The normalized spacial score (nSPS) is 12.5. The van der Waals surface area contributed by atoms with Crippen LogP contribution >= 0.6 is 0 Å². The summed E-state index contributed by atoms with van der Waals surface area (Å²) in [7, 11) is 1.42. The number of allylic oxidation sites excluding steroid dienone is 5. The Labute approximate surface area is 262 Å². The molecule has 0 amide bonds. The second kappa shape index (κ2) is 16.1. The number of esters is 2. The number of hydrogen-bond donors (Lipinski definition) is 0. The molecule has 0 bridgehead atoms. The van der Waals surface area contributed by atoms with Gasteiger partial charge in [0, 0.05) is 5.56 Å². The number of carbonyl (C=O) groups is 3. The van der Waals surface area contributed by atoms with Crippen LogP contribution in [0.4, 0.5) is 0 Å². The molecule has 0 spiro atoms. The Hall–Kier alpha value is -4.13. The first kappa shape index (κ1) is 36.1. The molecule has 2 aromatic carbocycles. The summed E-state index contributed by atoms with van der Waals surface area (Å²) in [5, 5.41) is 0. The molecule has 44 heavy (non-hydrogen) atoms. The Morgan fingerprint density at radius 1 is 0.773 bits per heavy atom. The smallest absolute Gasteiger partial charge is 0.316 e. The molecule has 0 fully saturated rings. The molecule has 0 aliphatic rings. The molecule has 0 N–H and O–H groups in total. The summed E-state index contributed by atoms with van der Waals surface area (Å²) >= 11 is 0. The van der Waals surface area contributed by atoms with Gasteiger partial charge in [-0.25, -0.2) is 0 Å². The highest BCUT2D eigenvalue weighted by molar-refractivity contribution is 6.10. The fraction of sp³-hybridized carbons (Fsp3) is 0.432. The molecule has 7 nitrogen and oxygen atoms in total. The molecule has 0 heterocycles. The van der Waals surface area contributed by atoms with Crippen LogP contribution in [0.3, 0.4) is 0 Å². The van der Waals surface area contributed by atoms with Crippen LogP contribution in [0.2, 0.25) is 0 Å². The zero-order chi connectivity index (χ0) is 33.1. The monoisotopic (exact) mass is 604 g/mol. The molecule has 0 aliphatic carbocycles. The quantitative estimate of drug-likeness (QED) is 0.0566. The van der Waals surface area contributed by atoms with Crippen molar-refractivity contribution in [3.63, 3.8) is 0 Å². The van der Waals surface area contributed by atoms with Gasteiger partial charge in [-0.2, -0.15) is 0 Å². The van der Waals surface area contributed by atoms with Crippen molar-refractivity contribution in [1.82, 2.24) is 0 Å². The minimum atomic E-state index is -0.773. The van der Waals surface area contributed by atoms with Crippen LogP contribution in [0.15, 0.2) is 60.4 Å². The van der Waals surface area contributed by atoms with E-state index in [4.69, 9.17) is 18.9 Å². The largest absolute Gasteiger partial charge is 0.493 e. The average molecular weight is 605 g/mol. The molecule has 0 aliphatic heterocycles. The van der Waals surface area contributed by atoms with Crippen LogP contribution in [-0.2, 0) is 27.2 Å². The van der Waals surface area contributed by atoms with Crippen molar-refractivity contribution in [1.29, 1.82) is 0 Å². The average Bonchev–Trinajstić information content (AvgIpc) is 2.96. The molecule has 0 atom stereocenters. The molecule has 0 saturated heterocycles. The van der Waals surface area contributed by atoms with Gasteiger partial charge in [0.2, 0.25) is 5.78 Å². The van der Waals surface area contributed by atoms with Gasteiger partial charge in [0.15, 0.2) is 5.76 Å². The second-order valence-corrected chi connectivity index (χ2v) is 12.5. The maximum absolute atomic E-state index is 13.7. The van der Waals surface area contributed by atoms with Gasteiger partial charge >= 0.3 is 11.9 Å². The van der Waals surface area contributed by atoms with Gasteiger partial charge in [-0.05, 0) is 122 Å². The number of hydrogen-bond acceptors (Lipinski definition) is 7. The van der Waals surface area contributed by atoms with E-state index in [0.717, 1.165) is 17.5 Å². The molecule has 238 valence electrons. The third-order valence-corrected chi connectivity index (χ3v) is 6.48. The van der Waals surface area contributed by atoms with Crippen LogP contribution in [-0.4, -0.2) is 31.4 Å². The van der Waals surface area contributed by atoms with Crippen molar-refractivity contribution in [3.05, 3.63) is 82.6 Å². The Kier molecular flexibility index (Phi) is 13.2. The Bertz CT molecular complexity index is 1400. The number of benzene rings is 2. The van der Waals surface area contributed by atoms with E-state index >= 15 is 0 Å². The Balaban J connectivity index is 2.79. The first-order chi connectivity index (χ1) is 20.7. The molecular weight excluding hydrogens is 556 g/mol. The van der Waals surface area contributed by atoms with Crippen LogP contribution in [0.5, 0.6) is 17.2 Å². The van der Waals surface area contributed by atoms with Crippen molar-refractivity contribution in [2.45, 2.75) is 81.6 Å². The summed E-state index contributed by atoms with van der Waals surface area (Å²) in [5.74, 6) is 0.0208. The summed E-state index contributed by atoms with van der Waals surface area (Å²) in [6.45, 7) is 17.0. The lowest BCUT2D eigenvalue weighted by molar-refractivity contribution is -0.143. The van der Waals surface area contributed by atoms with E-state index in [-0.39, 0.29) is 11.7 Å². The molecule has 2 aromatic rings. The lowest BCUT2D eigenvalue weighted by Gasteiger charge is -2.23. The van der Waals surface area contributed by atoms with E-state index in [9.17, 15) is 14.4 Å². The summed E-state index contributed by atoms with van der Waals surface area (Å²) < 4.78 is 23.5. The lowest BCUT2D eigenvalue weighted by atomic mass is 9.95. The maximum Gasteiger partial charge on any atom is 0.316 e. The van der Waals surface area contributed by atoms with Crippen LogP contribution in [0, 0.1) is 10.8 Å². The van der Waals surface area contributed by atoms with E-state index < -0.39 is 22.6 Å². The van der Waals surface area contributed by atoms with E-state index in [2.05, 4.69) is 0 Å². The van der Waals surface area contributed by atoms with Crippen LogP contribution < -0.4 is 14.2 Å². The Morgan fingerprint density at radius 2 is 1.30 bits per heavy atom. The van der Waals surface area contributed by atoms with Crippen LogP contribution in [0.1, 0.15) is 95.8 Å². The number of ether oxygens (including phenoxy) is 4. The van der Waals surface area contributed by atoms with Gasteiger partial charge in [-0.15, -0.1) is 0 Å². The van der Waals surface area contributed by atoms with Crippen LogP contribution in [0.25, 0.3) is 6.08 Å². The van der Waals surface area contributed by atoms with Crippen molar-refractivity contribution in [2.75, 3.05) is 13.7 Å². The predicted octanol–water partition coefficient (Wildman–Crippen LogP) is 8.49. The van der Waals surface area contributed by atoms with Gasteiger partial charge in [-0.1, -0.05) is 31.2 Å². The first-order valence-corrected chi connectivity index (χ1v) is 15.1. The van der Waals surface area contributed by atoms with E-state index in [1.807, 2.05) is 51.1 Å². The van der Waals surface area contributed by atoms with Crippen molar-refractivity contribution >= 4 is 23.8 Å². The number of Topliss-reactive ketones (excluding diaryl/α,β-unsaturated/α-hetero) is 1. The zero-order valence-electron chi connectivity index (χ0n) is 28.0. The highest BCUT2D eigenvalue weighted by Crippen LogP contribution is 2.40. The topological polar surface area (TPSA) is 88.1 Å². The molecule has 0 saturated carbocycles.